The van der Waals surface area contributed by atoms with Crippen molar-refractivity contribution < 1.29 is 11.6 Å². The summed E-state index contributed by atoms with van der Waals surface area (Å²) < 4.78 is 40.2. The van der Waals surface area contributed by atoms with Gasteiger partial charge < -0.3 is 4.74 Å². The normalized spacial score (nSPS) is 19.9. The van der Waals surface area contributed by atoms with Crippen molar-refractivity contribution in [2.75, 3.05) is 7.04 Å². The van der Waals surface area contributed by atoms with Crippen molar-refractivity contribution in [3.63, 3.8) is 0 Å². The van der Waals surface area contributed by atoms with E-state index in [1.165, 1.54) is 12.3 Å². The van der Waals surface area contributed by atoms with Gasteiger partial charge in [0, 0.05) is 17.7 Å². The Balaban J connectivity index is 2.95. The first-order valence-electron chi connectivity index (χ1n) is 5.03. The van der Waals surface area contributed by atoms with Crippen molar-refractivity contribution in [3.05, 3.63) is 28.5 Å². The zero-order chi connectivity index (χ0) is 11.7. The van der Waals surface area contributed by atoms with Crippen molar-refractivity contribution in [3.8, 4) is 0 Å². The summed E-state index contributed by atoms with van der Waals surface area (Å²) in [7, 11) is -2.80. The summed E-state index contributed by atoms with van der Waals surface area (Å²) in [5, 5.41) is 0. The molecule has 0 bridgehead atoms. The van der Waals surface area contributed by atoms with Crippen LogP contribution in [0.1, 0.15) is 12.5 Å². The molecule has 0 aromatic carbocycles. The Bertz CT molecular complexity index is 353. The molecule has 0 aliphatic carbocycles. The molecule has 1 rings (SSSR count). The first kappa shape index (κ1) is 3.32. The van der Waals surface area contributed by atoms with E-state index >= 15 is 0 Å². The van der Waals surface area contributed by atoms with Crippen LogP contribution in [0.25, 0.3) is 0 Å². The number of aromatic nitrogens is 1. The SMILES string of the molecule is [2H]C([2H])([2H])OC([2H])([2H])c1cc(Br)ccn1. The first-order valence-corrected chi connectivity index (χ1v) is 3.32. The zero-order valence-electron chi connectivity index (χ0n) is 9.97. The van der Waals surface area contributed by atoms with E-state index < -0.39 is 13.6 Å². The number of pyridine rings is 1. The van der Waals surface area contributed by atoms with Gasteiger partial charge >= 0.3 is 0 Å². The quantitative estimate of drug-likeness (QED) is 0.739. The molecule has 54 valence electrons. The Hall–Kier alpha value is -0.410. The fraction of sp³-hybridized carbons (Fsp3) is 0.286. The molecule has 0 saturated carbocycles. The maximum absolute atomic E-state index is 7.42. The summed E-state index contributed by atoms with van der Waals surface area (Å²) in [5.41, 5.74) is -0.0898. The number of rotatable bonds is 2. The Morgan fingerprint density at radius 1 is 2.00 bits per heavy atom. The molecule has 0 atom stereocenters. The van der Waals surface area contributed by atoms with Gasteiger partial charge in [-0.3, -0.25) is 4.98 Å². The summed E-state index contributed by atoms with van der Waals surface area (Å²) >= 11 is 3.13. The maximum Gasteiger partial charge on any atom is 0.0884 e. The van der Waals surface area contributed by atoms with E-state index in [4.69, 9.17) is 6.85 Å². The molecule has 0 radical (unpaired) electrons. The second kappa shape index (κ2) is 3.68. The number of methoxy groups -OCH3 is 1. The van der Waals surface area contributed by atoms with Crippen molar-refractivity contribution in [2.45, 2.75) is 6.56 Å². The third kappa shape index (κ3) is 2.08. The van der Waals surface area contributed by atoms with Crippen LogP contribution in [0.15, 0.2) is 22.8 Å². The molecule has 10 heavy (non-hydrogen) atoms. The molecule has 3 heteroatoms. The largest absolute Gasteiger partial charge is 0.378 e. The first-order chi connectivity index (χ1) is 6.71. The van der Waals surface area contributed by atoms with Crippen molar-refractivity contribution in [2.24, 2.45) is 0 Å². The summed E-state index contributed by atoms with van der Waals surface area (Å²) in [4.78, 5) is 3.72. The van der Waals surface area contributed by atoms with E-state index in [1.54, 1.807) is 6.07 Å². The van der Waals surface area contributed by atoms with Crippen LogP contribution in [-0.4, -0.2) is 12.0 Å². The Morgan fingerprint density at radius 2 is 2.90 bits per heavy atom. The minimum atomic E-state index is -2.80. The average Bonchev–Trinajstić information content (AvgIpc) is 1.99. The lowest BCUT2D eigenvalue weighted by molar-refractivity contribution is 0.181. The van der Waals surface area contributed by atoms with Gasteiger partial charge in [0.05, 0.1) is 19.1 Å². The third-order valence-electron chi connectivity index (χ3n) is 0.878. The maximum atomic E-state index is 7.42. The van der Waals surface area contributed by atoms with Crippen LogP contribution >= 0.6 is 15.9 Å². The second-order valence-electron chi connectivity index (χ2n) is 1.56. The van der Waals surface area contributed by atoms with Crippen LogP contribution in [0.5, 0.6) is 0 Å². The molecule has 2 nitrogen and oxygen atoms in total. The molecule has 1 aromatic rings. The van der Waals surface area contributed by atoms with Crippen molar-refractivity contribution in [1.82, 2.24) is 4.98 Å². The van der Waals surface area contributed by atoms with Gasteiger partial charge in [-0.2, -0.15) is 0 Å². The number of hydrogen-bond acceptors (Lipinski definition) is 2. The van der Waals surface area contributed by atoms with Gasteiger partial charge in [-0.25, -0.2) is 0 Å². The minimum Gasteiger partial charge on any atom is -0.378 e. The predicted octanol–water partition coefficient (Wildman–Crippen LogP) is 1.99. The van der Waals surface area contributed by atoms with E-state index in [0.717, 1.165) is 0 Å². The van der Waals surface area contributed by atoms with Crippen molar-refractivity contribution >= 4 is 15.9 Å². The number of halogens is 1. The molecular weight excluding hydrogens is 194 g/mol. The summed E-state index contributed by atoms with van der Waals surface area (Å²) in [6, 6.07) is 2.97. The zero-order valence-corrected chi connectivity index (χ0v) is 6.55. The highest BCUT2D eigenvalue weighted by molar-refractivity contribution is 9.10. The van der Waals surface area contributed by atoms with E-state index in [1.807, 2.05) is 0 Å². The number of nitrogens with zero attached hydrogens (tertiary/aromatic N) is 1. The molecule has 1 heterocycles. The fourth-order valence-corrected chi connectivity index (χ4v) is 0.848. The molecule has 0 spiro atoms. The molecule has 0 aliphatic heterocycles. The fourth-order valence-electron chi connectivity index (χ4n) is 0.513. The molecule has 0 fully saturated rings. The van der Waals surface area contributed by atoms with Gasteiger partial charge in [-0.15, -0.1) is 0 Å². The van der Waals surface area contributed by atoms with Crippen LogP contribution in [-0.2, 0) is 11.3 Å². The van der Waals surface area contributed by atoms with Gasteiger partial charge in [-0.05, 0) is 12.1 Å². The topological polar surface area (TPSA) is 22.1 Å². The smallest absolute Gasteiger partial charge is 0.0884 e. The second-order valence-corrected chi connectivity index (χ2v) is 2.48. The van der Waals surface area contributed by atoms with E-state index in [9.17, 15) is 0 Å². The molecular formula is C7H8BrNO. The molecule has 0 amide bonds. The van der Waals surface area contributed by atoms with Crippen LogP contribution in [0, 0.1) is 0 Å². The lowest BCUT2D eigenvalue weighted by atomic mass is 10.4. The van der Waals surface area contributed by atoms with Gasteiger partial charge in [-0.1, -0.05) is 15.9 Å². The third-order valence-corrected chi connectivity index (χ3v) is 1.37. The molecule has 1 aromatic heterocycles. The minimum absolute atomic E-state index is 0.0898. The Labute approximate surface area is 75.4 Å². The molecule has 0 aliphatic rings. The molecule has 0 unspecified atom stereocenters. The van der Waals surface area contributed by atoms with Crippen LogP contribution in [0.2, 0.25) is 0 Å². The summed E-state index contributed by atoms with van der Waals surface area (Å²) in [5.74, 6) is 0. The lowest BCUT2D eigenvalue weighted by Gasteiger charge is -1.96. The van der Waals surface area contributed by atoms with Gasteiger partial charge in [0.25, 0.3) is 0 Å². The highest BCUT2D eigenvalue weighted by Crippen LogP contribution is 2.09. The number of hydrogen-bond donors (Lipinski definition) is 0. The van der Waals surface area contributed by atoms with Crippen LogP contribution in [0.4, 0.5) is 0 Å². The van der Waals surface area contributed by atoms with E-state index in [-0.39, 0.29) is 5.69 Å². The van der Waals surface area contributed by atoms with Gasteiger partial charge in [0.1, 0.15) is 0 Å². The van der Waals surface area contributed by atoms with Crippen molar-refractivity contribution in [1.29, 1.82) is 0 Å². The lowest BCUT2D eigenvalue weighted by Crippen LogP contribution is -1.90. The Morgan fingerprint density at radius 3 is 3.60 bits per heavy atom. The average molecular weight is 207 g/mol. The van der Waals surface area contributed by atoms with E-state index in [2.05, 4.69) is 25.7 Å². The predicted molar refractivity (Wildman–Crippen MR) is 42.7 cm³/mol. The Kier molecular flexibility index (Phi) is 1.22. The monoisotopic (exact) mass is 206 g/mol. The summed E-state index contributed by atoms with van der Waals surface area (Å²) in [6.07, 6.45) is 1.36. The standard InChI is InChI=1S/C7H8BrNO/c1-10-5-7-4-6(8)2-3-9-7/h2-4H,5H2,1H3/i1D3,5D2. The van der Waals surface area contributed by atoms with Gasteiger partial charge in [0.15, 0.2) is 0 Å². The summed E-state index contributed by atoms with van der Waals surface area (Å²) in [6.45, 7) is -2.44. The highest BCUT2D eigenvalue weighted by Gasteiger charge is 1.91. The highest BCUT2D eigenvalue weighted by atomic mass is 79.9. The molecule has 0 saturated heterocycles. The van der Waals surface area contributed by atoms with Crippen LogP contribution < -0.4 is 0 Å². The van der Waals surface area contributed by atoms with E-state index in [0.29, 0.717) is 4.47 Å². The number of ether oxygens (including phenoxy) is 1. The van der Waals surface area contributed by atoms with Gasteiger partial charge in [0.2, 0.25) is 0 Å². The molecule has 0 N–H and O–H groups in total. The van der Waals surface area contributed by atoms with Crippen LogP contribution in [0.3, 0.4) is 0 Å².